The minimum atomic E-state index is -1.19. The summed E-state index contributed by atoms with van der Waals surface area (Å²) in [5.74, 6) is -0.365. The number of aromatic nitrogens is 2. The standard InChI is InChI=1S/C20H25N3O4/c1-19(2,18(25)26)23-13-15(12-21-23)22-17(24)20(9-4-5-10-20)14-7-6-8-16(11-14)27-3/h6-8,11-13H,4-5,9-10H2,1-3H3,(H,22,24)(H,25,26). The van der Waals surface area contributed by atoms with Crippen molar-refractivity contribution in [1.82, 2.24) is 9.78 Å². The number of ether oxygens (including phenoxy) is 1. The zero-order chi connectivity index (χ0) is 19.7. The Morgan fingerprint density at radius 3 is 2.63 bits per heavy atom. The topological polar surface area (TPSA) is 93.5 Å². The number of hydrogen-bond acceptors (Lipinski definition) is 4. The SMILES string of the molecule is COc1cccc(C2(C(=O)Nc3cnn(C(C)(C)C(=O)O)c3)CCCC2)c1. The quantitative estimate of drug-likeness (QED) is 0.813. The summed E-state index contributed by atoms with van der Waals surface area (Å²) in [6, 6.07) is 7.64. The molecule has 1 aromatic carbocycles. The Kier molecular flexibility index (Phi) is 4.95. The van der Waals surface area contributed by atoms with E-state index in [9.17, 15) is 14.7 Å². The Bertz CT molecular complexity index is 850. The van der Waals surface area contributed by atoms with Gasteiger partial charge in [-0.2, -0.15) is 5.10 Å². The Morgan fingerprint density at radius 1 is 1.30 bits per heavy atom. The number of carboxylic acid groups (broad SMARTS) is 1. The molecular weight excluding hydrogens is 346 g/mol. The van der Waals surface area contributed by atoms with Crippen molar-refractivity contribution in [2.45, 2.75) is 50.5 Å². The lowest BCUT2D eigenvalue weighted by atomic mass is 9.78. The first-order valence-corrected chi connectivity index (χ1v) is 9.04. The van der Waals surface area contributed by atoms with E-state index in [0.717, 1.165) is 37.0 Å². The fourth-order valence-electron chi connectivity index (χ4n) is 3.59. The summed E-state index contributed by atoms with van der Waals surface area (Å²) in [6.45, 7) is 3.12. The second-order valence-electron chi connectivity index (χ2n) is 7.51. The third-order valence-electron chi connectivity index (χ3n) is 5.45. The first-order valence-electron chi connectivity index (χ1n) is 9.04. The normalized spacial score (nSPS) is 16.1. The number of amides is 1. The maximum Gasteiger partial charge on any atom is 0.331 e. The molecule has 0 bridgehead atoms. The van der Waals surface area contributed by atoms with Gasteiger partial charge in [-0.1, -0.05) is 25.0 Å². The molecule has 0 radical (unpaired) electrons. The van der Waals surface area contributed by atoms with Crippen molar-refractivity contribution in [3.63, 3.8) is 0 Å². The highest BCUT2D eigenvalue weighted by atomic mass is 16.5. The number of methoxy groups -OCH3 is 1. The molecule has 7 nitrogen and oxygen atoms in total. The van der Waals surface area contributed by atoms with Crippen LogP contribution in [-0.4, -0.2) is 33.9 Å². The number of aliphatic carboxylic acids is 1. The lowest BCUT2D eigenvalue weighted by molar-refractivity contribution is -0.146. The Labute approximate surface area is 158 Å². The van der Waals surface area contributed by atoms with Crippen molar-refractivity contribution in [3.8, 4) is 5.75 Å². The van der Waals surface area contributed by atoms with Crippen molar-refractivity contribution in [2.24, 2.45) is 0 Å². The minimum absolute atomic E-state index is 0.0964. The van der Waals surface area contributed by atoms with Crippen LogP contribution in [0.4, 0.5) is 5.69 Å². The van der Waals surface area contributed by atoms with E-state index in [-0.39, 0.29) is 5.91 Å². The molecule has 0 aliphatic heterocycles. The number of benzene rings is 1. The summed E-state index contributed by atoms with van der Waals surface area (Å²) in [5, 5.41) is 16.4. The number of carbonyl (C=O) groups is 2. The van der Waals surface area contributed by atoms with E-state index in [1.807, 2.05) is 24.3 Å². The molecule has 27 heavy (non-hydrogen) atoms. The van der Waals surface area contributed by atoms with Gasteiger partial charge in [-0.3, -0.25) is 9.48 Å². The number of hydrogen-bond donors (Lipinski definition) is 2. The van der Waals surface area contributed by atoms with E-state index in [1.54, 1.807) is 27.2 Å². The summed E-state index contributed by atoms with van der Waals surface area (Å²) in [6.07, 6.45) is 6.53. The lowest BCUT2D eigenvalue weighted by Crippen LogP contribution is -2.38. The second kappa shape index (κ2) is 7.06. The molecule has 144 valence electrons. The molecular formula is C20H25N3O4. The molecule has 3 rings (SSSR count). The van der Waals surface area contributed by atoms with Crippen molar-refractivity contribution in [2.75, 3.05) is 12.4 Å². The van der Waals surface area contributed by atoms with Gasteiger partial charge in [0.2, 0.25) is 5.91 Å². The van der Waals surface area contributed by atoms with E-state index in [0.29, 0.717) is 5.69 Å². The highest BCUT2D eigenvalue weighted by Gasteiger charge is 2.43. The minimum Gasteiger partial charge on any atom is -0.497 e. The number of rotatable bonds is 6. The van der Waals surface area contributed by atoms with Gasteiger partial charge >= 0.3 is 5.97 Å². The second-order valence-corrected chi connectivity index (χ2v) is 7.51. The number of carbonyl (C=O) groups excluding carboxylic acids is 1. The number of anilines is 1. The largest absolute Gasteiger partial charge is 0.497 e. The number of nitrogens with one attached hydrogen (secondary N) is 1. The fourth-order valence-corrected chi connectivity index (χ4v) is 3.59. The Morgan fingerprint density at radius 2 is 2.00 bits per heavy atom. The molecule has 0 spiro atoms. The summed E-state index contributed by atoms with van der Waals surface area (Å²) in [7, 11) is 1.61. The van der Waals surface area contributed by atoms with Crippen LogP contribution in [0.25, 0.3) is 0 Å². The maximum absolute atomic E-state index is 13.2. The summed E-state index contributed by atoms with van der Waals surface area (Å²) >= 11 is 0. The fraction of sp³-hybridized carbons (Fsp3) is 0.450. The summed E-state index contributed by atoms with van der Waals surface area (Å²) in [4.78, 5) is 24.6. The van der Waals surface area contributed by atoms with Crippen molar-refractivity contribution >= 4 is 17.6 Å². The van der Waals surface area contributed by atoms with Gasteiger partial charge in [0.15, 0.2) is 5.54 Å². The molecule has 0 unspecified atom stereocenters. The molecule has 1 aliphatic rings. The lowest BCUT2D eigenvalue weighted by Gasteiger charge is -2.28. The van der Waals surface area contributed by atoms with Crippen molar-refractivity contribution in [1.29, 1.82) is 0 Å². The Balaban J connectivity index is 1.87. The van der Waals surface area contributed by atoms with Gasteiger partial charge in [-0.15, -0.1) is 0 Å². The highest BCUT2D eigenvalue weighted by Crippen LogP contribution is 2.43. The molecule has 1 heterocycles. The number of nitrogens with zero attached hydrogens (tertiary/aromatic N) is 2. The average molecular weight is 371 g/mol. The molecule has 0 saturated heterocycles. The molecule has 2 N–H and O–H groups in total. The van der Waals surface area contributed by atoms with Gasteiger partial charge in [0, 0.05) is 6.20 Å². The van der Waals surface area contributed by atoms with Crippen LogP contribution in [0, 0.1) is 0 Å². The molecule has 2 aromatic rings. The van der Waals surface area contributed by atoms with E-state index in [4.69, 9.17) is 4.74 Å². The van der Waals surface area contributed by atoms with Crippen molar-refractivity contribution in [3.05, 3.63) is 42.2 Å². The zero-order valence-electron chi connectivity index (χ0n) is 15.9. The average Bonchev–Trinajstić information content (AvgIpc) is 3.32. The molecule has 7 heteroatoms. The van der Waals surface area contributed by atoms with Crippen LogP contribution in [0.1, 0.15) is 45.1 Å². The third kappa shape index (κ3) is 3.41. The van der Waals surface area contributed by atoms with E-state index in [2.05, 4.69) is 10.4 Å². The number of carboxylic acids is 1. The molecule has 1 aliphatic carbocycles. The van der Waals surface area contributed by atoms with Gasteiger partial charge in [-0.25, -0.2) is 4.79 Å². The monoisotopic (exact) mass is 371 g/mol. The summed E-state index contributed by atoms with van der Waals surface area (Å²) in [5.41, 5.74) is -0.377. The first-order chi connectivity index (χ1) is 12.8. The van der Waals surface area contributed by atoms with Crippen LogP contribution in [0.5, 0.6) is 5.75 Å². The van der Waals surface area contributed by atoms with E-state index < -0.39 is 16.9 Å². The molecule has 1 amide bonds. The van der Waals surface area contributed by atoms with Gasteiger partial charge in [-0.05, 0) is 44.4 Å². The predicted octanol–water partition coefficient (Wildman–Crippen LogP) is 3.16. The molecule has 1 aromatic heterocycles. The van der Waals surface area contributed by atoms with E-state index in [1.165, 1.54) is 10.9 Å². The van der Waals surface area contributed by atoms with Crippen LogP contribution >= 0.6 is 0 Å². The van der Waals surface area contributed by atoms with Crippen LogP contribution in [0.3, 0.4) is 0 Å². The predicted molar refractivity (Wildman–Crippen MR) is 101 cm³/mol. The summed E-state index contributed by atoms with van der Waals surface area (Å²) < 4.78 is 6.67. The molecule has 0 atom stereocenters. The zero-order valence-corrected chi connectivity index (χ0v) is 15.9. The van der Waals surface area contributed by atoms with Crippen LogP contribution in [0.15, 0.2) is 36.7 Å². The van der Waals surface area contributed by atoms with Gasteiger partial charge < -0.3 is 15.2 Å². The van der Waals surface area contributed by atoms with Crippen LogP contribution in [0.2, 0.25) is 0 Å². The van der Waals surface area contributed by atoms with Crippen LogP contribution in [-0.2, 0) is 20.5 Å². The van der Waals surface area contributed by atoms with E-state index >= 15 is 0 Å². The Hall–Kier alpha value is -2.83. The first kappa shape index (κ1) is 18.9. The molecule has 1 saturated carbocycles. The van der Waals surface area contributed by atoms with Gasteiger partial charge in [0.25, 0.3) is 0 Å². The highest BCUT2D eigenvalue weighted by molar-refractivity contribution is 5.99. The van der Waals surface area contributed by atoms with Gasteiger partial charge in [0.1, 0.15) is 5.75 Å². The smallest absolute Gasteiger partial charge is 0.331 e. The van der Waals surface area contributed by atoms with Crippen molar-refractivity contribution < 1.29 is 19.4 Å². The van der Waals surface area contributed by atoms with Crippen LogP contribution < -0.4 is 10.1 Å². The van der Waals surface area contributed by atoms with Gasteiger partial charge in [0.05, 0.1) is 24.4 Å². The maximum atomic E-state index is 13.2. The molecule has 1 fully saturated rings. The third-order valence-corrected chi connectivity index (χ3v) is 5.45.